The van der Waals surface area contributed by atoms with Gasteiger partial charge >= 0.3 is 0 Å². The van der Waals surface area contributed by atoms with Crippen LogP contribution in [-0.4, -0.2) is 86.8 Å². The zero-order valence-electron chi connectivity index (χ0n) is 42.5. The molecule has 6 aromatic rings. The second-order valence-corrected chi connectivity index (χ2v) is 25.1. The average molecular weight is 1040 g/mol. The summed E-state index contributed by atoms with van der Waals surface area (Å²) >= 11 is 0. The number of fused-ring (bicyclic) bond motifs is 6. The van der Waals surface area contributed by atoms with Crippen molar-refractivity contribution in [1.29, 1.82) is 0 Å². The quantitative estimate of drug-likeness (QED) is 0.0892. The number of Topliss-reactive ketones (excluding diaryl/α,β-unsaturated/α-hetero) is 2. The summed E-state index contributed by atoms with van der Waals surface area (Å²) in [5, 5.41) is 28.5. The monoisotopic (exact) mass is 1030 g/mol. The molecule has 0 spiro atoms. The van der Waals surface area contributed by atoms with Gasteiger partial charge in [0.25, 0.3) is 0 Å². The minimum atomic E-state index is -3.51. The number of carbonyl (C=O) groups is 2. The summed E-state index contributed by atoms with van der Waals surface area (Å²) in [5.41, 5.74) is 10.7. The Bertz CT molecular complexity index is 3480. The Balaban J connectivity index is 0.000000183. The van der Waals surface area contributed by atoms with Crippen molar-refractivity contribution in [2.75, 3.05) is 24.7 Å². The van der Waals surface area contributed by atoms with Crippen LogP contribution in [0.15, 0.2) is 154 Å². The Morgan fingerprint density at radius 2 is 0.959 bits per heavy atom. The van der Waals surface area contributed by atoms with Gasteiger partial charge in [0.15, 0.2) is 31.2 Å². The normalized spacial score (nSPS) is 16.8. The van der Waals surface area contributed by atoms with Gasteiger partial charge in [-0.25, -0.2) is 16.8 Å². The zero-order chi connectivity index (χ0) is 52.9. The van der Waals surface area contributed by atoms with E-state index in [1.807, 2.05) is 113 Å². The van der Waals surface area contributed by atoms with Crippen LogP contribution in [0.4, 0.5) is 0 Å². The van der Waals surface area contributed by atoms with Gasteiger partial charge in [-0.3, -0.25) is 9.59 Å². The molecule has 0 saturated heterocycles. The number of ketones is 2. The van der Waals surface area contributed by atoms with Gasteiger partial charge < -0.3 is 24.8 Å². The molecule has 6 aromatic carbocycles. The summed E-state index contributed by atoms with van der Waals surface area (Å²) in [4.78, 5) is 27.9. The molecule has 0 aromatic heterocycles. The van der Waals surface area contributed by atoms with Crippen LogP contribution in [0.5, 0.6) is 11.5 Å². The highest BCUT2D eigenvalue weighted by Crippen LogP contribution is 2.52. The number of sulfone groups is 2. The molecule has 0 saturated carbocycles. The number of carbonyl (C=O) groups excluding carboxylic acids is 2. The third-order valence-corrected chi connectivity index (χ3v) is 18.4. The molecule has 11 nitrogen and oxygen atoms in total. The van der Waals surface area contributed by atoms with E-state index in [1.165, 1.54) is 0 Å². The first-order valence-corrected chi connectivity index (χ1v) is 28.3. The van der Waals surface area contributed by atoms with E-state index in [4.69, 9.17) is 14.6 Å². The van der Waals surface area contributed by atoms with Gasteiger partial charge in [0.05, 0.1) is 34.0 Å². The van der Waals surface area contributed by atoms with Crippen molar-refractivity contribution in [3.8, 4) is 11.5 Å². The minimum Gasteiger partial charge on any atom is -0.491 e. The molecule has 0 amide bonds. The van der Waals surface area contributed by atoms with Gasteiger partial charge in [0.2, 0.25) is 0 Å². The smallest absolute Gasteiger partial charge is 0.193 e. The highest BCUT2D eigenvalue weighted by molar-refractivity contribution is 7.91. The molecule has 0 bridgehead atoms. The lowest BCUT2D eigenvalue weighted by molar-refractivity contribution is -0.0339. The number of aryl methyl sites for hydroxylation is 2. The van der Waals surface area contributed by atoms with Crippen LogP contribution < -0.4 is 9.47 Å². The van der Waals surface area contributed by atoms with Gasteiger partial charge in [-0.05, 0) is 156 Å². The summed E-state index contributed by atoms with van der Waals surface area (Å²) in [7, 11) is -6.96. The second kappa shape index (κ2) is 20.3. The fourth-order valence-corrected chi connectivity index (χ4v) is 13.4. The van der Waals surface area contributed by atoms with Crippen LogP contribution >= 0.6 is 0 Å². The number of ether oxygens (including phenoxy) is 2. The third kappa shape index (κ3) is 10.1. The van der Waals surface area contributed by atoms with Gasteiger partial charge in [0.1, 0.15) is 30.3 Å². The highest BCUT2D eigenvalue weighted by Gasteiger charge is 2.45. The Hall–Kier alpha value is -6.48. The lowest BCUT2D eigenvalue weighted by atomic mass is 9.68. The van der Waals surface area contributed by atoms with Crippen LogP contribution in [0.25, 0.3) is 11.1 Å². The predicted octanol–water partition coefficient (Wildman–Crippen LogP) is 9.25. The highest BCUT2D eigenvalue weighted by atomic mass is 32.2. The van der Waals surface area contributed by atoms with Crippen LogP contribution in [0, 0.1) is 0 Å². The number of hydrogen-bond donors (Lipinski definition) is 3. The van der Waals surface area contributed by atoms with Gasteiger partial charge in [-0.2, -0.15) is 0 Å². The van der Waals surface area contributed by atoms with E-state index >= 15 is 0 Å². The zero-order valence-corrected chi connectivity index (χ0v) is 44.1. The molecule has 384 valence electrons. The molecule has 4 aliphatic carbocycles. The lowest BCUT2D eigenvalue weighted by Gasteiger charge is -2.34. The molecule has 0 unspecified atom stereocenters. The maximum atomic E-state index is 13.7. The first kappa shape index (κ1) is 52.4. The summed E-state index contributed by atoms with van der Waals surface area (Å²) < 4.78 is 64.1. The van der Waals surface area contributed by atoms with E-state index in [0.29, 0.717) is 53.0 Å². The van der Waals surface area contributed by atoms with Crippen molar-refractivity contribution < 1.29 is 51.2 Å². The van der Waals surface area contributed by atoms with Gasteiger partial charge in [-0.1, -0.05) is 100 Å². The van der Waals surface area contributed by atoms with Gasteiger partial charge in [-0.15, -0.1) is 0 Å². The topological polar surface area (TPSA) is 182 Å². The SMILES string of the molecule is CC(C)Oc1ccc2c(c1)C(C)(C)C1=C(C2=O)c2ccc(S(=O)(=O)CCc3ccccc3)cc2C1.CC1(C)C2=C(C(=O)c3ccc(OC[C@@H](O)[C@H](O)CO)cc31)c1ccc(S(=O)(=O)CCc3ccccc3)cc1C2. The van der Waals surface area contributed by atoms with Crippen molar-refractivity contribution >= 4 is 42.4 Å². The first-order valence-electron chi connectivity index (χ1n) is 25.0. The molecule has 0 heterocycles. The summed E-state index contributed by atoms with van der Waals surface area (Å²) in [6.07, 6.45) is -0.581. The standard InChI is InChI=1S/C31H32O7S.C30H30O4S/c1-31(2)25-16-21(38-18-28(34)27(33)17-32)8-10-24(25)30(35)29-23-11-9-22(14-20(23)15-26(29)31)39(36,37)13-12-19-6-4-3-5-7-19;1-19(2)34-22-10-12-25-26(18-22)30(3,4)27-17-21-16-23(11-13-24(21)28(27)29(25)31)35(32,33)15-14-20-8-6-5-7-9-20/h3-11,14,16,27-28,32-34H,12-13,15,17-18H2,1-2H3;5-13,16,18-19H,14-15,17H2,1-4H3/t27-,28-;/m1./s1. The predicted molar refractivity (Wildman–Crippen MR) is 286 cm³/mol. The molecule has 0 fully saturated rings. The average Bonchev–Trinajstić information content (AvgIpc) is 4.02. The molecule has 13 heteroatoms. The number of hydrogen-bond acceptors (Lipinski definition) is 11. The molecule has 2 atom stereocenters. The van der Waals surface area contributed by atoms with Crippen molar-refractivity contribution in [2.24, 2.45) is 0 Å². The van der Waals surface area contributed by atoms with Crippen molar-refractivity contribution in [3.63, 3.8) is 0 Å². The van der Waals surface area contributed by atoms with Gasteiger partial charge in [0, 0.05) is 33.1 Å². The van der Waals surface area contributed by atoms with Crippen molar-refractivity contribution in [3.05, 3.63) is 200 Å². The number of rotatable bonds is 15. The third-order valence-electron chi connectivity index (χ3n) is 15.0. The maximum absolute atomic E-state index is 13.7. The molecule has 3 N–H and O–H groups in total. The van der Waals surface area contributed by atoms with Crippen LogP contribution in [0.1, 0.15) is 107 Å². The Kier molecular flexibility index (Phi) is 14.4. The summed E-state index contributed by atoms with van der Waals surface area (Å²) in [6, 6.07) is 40.3. The molecular weight excluding hydrogens is 973 g/mol. The Labute approximate surface area is 434 Å². The fraction of sp³-hybridized carbons (Fsp3) is 0.311. The van der Waals surface area contributed by atoms with Crippen LogP contribution in [0.2, 0.25) is 0 Å². The molecule has 10 rings (SSSR count). The first-order chi connectivity index (χ1) is 35.1. The molecule has 0 radical (unpaired) electrons. The van der Waals surface area contributed by atoms with E-state index in [1.54, 1.807) is 48.5 Å². The summed E-state index contributed by atoms with van der Waals surface area (Å²) in [6.45, 7) is 11.5. The molecule has 4 aliphatic rings. The number of aliphatic hydroxyl groups excluding tert-OH is 3. The van der Waals surface area contributed by atoms with E-state index in [9.17, 15) is 36.6 Å². The summed E-state index contributed by atoms with van der Waals surface area (Å²) in [5.74, 6) is 1.14. The van der Waals surface area contributed by atoms with E-state index < -0.39 is 43.9 Å². The number of aliphatic hydroxyl groups is 3. The Morgan fingerprint density at radius 1 is 0.541 bits per heavy atom. The minimum absolute atomic E-state index is 0.00357. The fourth-order valence-electron chi connectivity index (χ4n) is 10.7. The molecule has 74 heavy (non-hydrogen) atoms. The number of allylic oxidation sites excluding steroid dienone is 4. The molecular formula is C61H62O11S2. The lowest BCUT2D eigenvalue weighted by Crippen LogP contribution is -2.34. The van der Waals surface area contributed by atoms with Crippen molar-refractivity contribution in [2.45, 2.75) is 106 Å². The van der Waals surface area contributed by atoms with E-state index in [-0.39, 0.29) is 46.1 Å². The maximum Gasteiger partial charge on any atom is 0.193 e. The largest absolute Gasteiger partial charge is 0.491 e. The molecule has 0 aliphatic heterocycles. The second-order valence-electron chi connectivity index (χ2n) is 20.9. The van der Waals surface area contributed by atoms with Crippen molar-refractivity contribution in [1.82, 2.24) is 0 Å². The van der Waals surface area contributed by atoms with Crippen LogP contribution in [0.3, 0.4) is 0 Å². The van der Waals surface area contributed by atoms with E-state index in [2.05, 4.69) is 13.8 Å². The van der Waals surface area contributed by atoms with Crippen LogP contribution in [-0.2, 0) is 56.2 Å². The van der Waals surface area contributed by atoms with E-state index in [0.717, 1.165) is 67.0 Å². The Morgan fingerprint density at radius 3 is 1.39 bits per heavy atom. The number of benzene rings is 6.